The predicted molar refractivity (Wildman–Crippen MR) is 80.4 cm³/mol. The van der Waals surface area contributed by atoms with Crippen molar-refractivity contribution in [1.29, 1.82) is 0 Å². The Labute approximate surface area is 119 Å². The number of hydrogen-bond acceptors (Lipinski definition) is 4. The van der Waals surface area contributed by atoms with Crippen LogP contribution in [0.2, 0.25) is 0 Å². The van der Waals surface area contributed by atoms with Crippen molar-refractivity contribution in [2.24, 2.45) is 0 Å². The second kappa shape index (κ2) is 7.38. The first-order chi connectivity index (χ1) is 9.75. The molecule has 0 spiro atoms. The first kappa shape index (κ1) is 14.2. The first-order valence-corrected chi connectivity index (χ1v) is 6.79. The Morgan fingerprint density at radius 1 is 1.10 bits per heavy atom. The predicted octanol–water partition coefficient (Wildman–Crippen LogP) is 3.36. The van der Waals surface area contributed by atoms with Crippen LogP contribution >= 0.6 is 0 Å². The molecule has 0 radical (unpaired) electrons. The third-order valence-electron chi connectivity index (χ3n) is 2.54. The molecule has 0 bridgehead atoms. The van der Waals surface area contributed by atoms with Gasteiger partial charge in [-0.1, -0.05) is 18.2 Å². The van der Waals surface area contributed by atoms with Gasteiger partial charge in [-0.05, 0) is 38.1 Å². The fourth-order valence-electron chi connectivity index (χ4n) is 1.73. The largest absolute Gasteiger partial charge is 0.492 e. The molecule has 0 saturated carbocycles. The summed E-state index contributed by atoms with van der Waals surface area (Å²) in [5.41, 5.74) is 0. The zero-order valence-corrected chi connectivity index (χ0v) is 11.9. The topological polar surface area (TPSA) is 43.4 Å². The van der Waals surface area contributed by atoms with Crippen LogP contribution in [0, 0.1) is 0 Å². The molecule has 2 rings (SSSR count). The van der Waals surface area contributed by atoms with Crippen LogP contribution in [0.15, 0.2) is 48.7 Å². The van der Waals surface area contributed by atoms with Gasteiger partial charge in [-0.3, -0.25) is 0 Å². The maximum atomic E-state index is 5.69. The van der Waals surface area contributed by atoms with Gasteiger partial charge in [-0.2, -0.15) is 0 Å². The molecule has 2 aromatic rings. The lowest BCUT2D eigenvalue weighted by Gasteiger charge is -2.14. The number of nitrogens with zero attached hydrogens (tertiary/aromatic N) is 1. The van der Waals surface area contributed by atoms with E-state index in [1.54, 1.807) is 6.20 Å². The number of aromatic nitrogens is 1. The fraction of sp³-hybridized carbons (Fsp3) is 0.312. The van der Waals surface area contributed by atoms with Gasteiger partial charge >= 0.3 is 0 Å². The van der Waals surface area contributed by atoms with E-state index < -0.39 is 0 Å². The smallest absolute Gasteiger partial charge is 0.168 e. The second-order valence-corrected chi connectivity index (χ2v) is 4.61. The molecule has 0 saturated heterocycles. The highest BCUT2D eigenvalue weighted by Gasteiger charge is 2.05. The summed E-state index contributed by atoms with van der Waals surface area (Å²) in [6, 6.07) is 13.5. The van der Waals surface area contributed by atoms with E-state index in [2.05, 4.69) is 10.3 Å². The van der Waals surface area contributed by atoms with Gasteiger partial charge < -0.3 is 14.8 Å². The van der Waals surface area contributed by atoms with E-state index in [9.17, 15) is 0 Å². The van der Waals surface area contributed by atoms with Crippen LogP contribution in [0.4, 0.5) is 5.82 Å². The van der Waals surface area contributed by atoms with Gasteiger partial charge in [0.2, 0.25) is 0 Å². The molecule has 1 heterocycles. The zero-order valence-electron chi connectivity index (χ0n) is 11.9. The summed E-state index contributed by atoms with van der Waals surface area (Å²) >= 11 is 0. The summed E-state index contributed by atoms with van der Waals surface area (Å²) in [6.45, 7) is 5.23. The number of hydrogen-bond donors (Lipinski definition) is 1. The van der Waals surface area contributed by atoms with E-state index in [0.29, 0.717) is 13.2 Å². The Morgan fingerprint density at radius 3 is 2.65 bits per heavy atom. The Bertz CT molecular complexity index is 515. The van der Waals surface area contributed by atoms with Crippen molar-refractivity contribution in [3.05, 3.63) is 48.7 Å². The number of benzene rings is 1. The standard InChI is InChI=1S/C16H20N2O2/c1-13(2)20-15-9-6-10-17-16(15)18-11-12-19-14-7-4-3-5-8-14/h3-10,13H,11-12H2,1-2H3,(H,17,18). The molecule has 0 aliphatic carbocycles. The van der Waals surface area contributed by atoms with Crippen molar-refractivity contribution in [2.45, 2.75) is 20.0 Å². The van der Waals surface area contributed by atoms with Gasteiger partial charge in [0.25, 0.3) is 0 Å². The van der Waals surface area contributed by atoms with Gasteiger partial charge in [0.1, 0.15) is 12.4 Å². The van der Waals surface area contributed by atoms with E-state index in [1.807, 2.05) is 56.3 Å². The number of pyridine rings is 1. The summed E-state index contributed by atoms with van der Waals surface area (Å²) in [4.78, 5) is 4.28. The van der Waals surface area contributed by atoms with Gasteiger partial charge in [0.05, 0.1) is 12.6 Å². The van der Waals surface area contributed by atoms with Crippen LogP contribution in [0.5, 0.6) is 11.5 Å². The Kier molecular flexibility index (Phi) is 5.24. The minimum absolute atomic E-state index is 0.125. The van der Waals surface area contributed by atoms with Crippen LogP contribution in [0.25, 0.3) is 0 Å². The molecule has 106 valence electrons. The summed E-state index contributed by atoms with van der Waals surface area (Å²) in [7, 11) is 0. The van der Waals surface area contributed by atoms with E-state index in [1.165, 1.54) is 0 Å². The minimum atomic E-state index is 0.125. The molecule has 20 heavy (non-hydrogen) atoms. The Morgan fingerprint density at radius 2 is 1.90 bits per heavy atom. The molecule has 0 aliphatic heterocycles. The monoisotopic (exact) mass is 272 g/mol. The molecule has 4 heteroatoms. The average Bonchev–Trinajstić information content (AvgIpc) is 2.46. The third-order valence-corrected chi connectivity index (χ3v) is 2.54. The van der Waals surface area contributed by atoms with Crippen molar-refractivity contribution in [1.82, 2.24) is 4.98 Å². The summed E-state index contributed by atoms with van der Waals surface area (Å²) in [6.07, 6.45) is 1.87. The zero-order chi connectivity index (χ0) is 14.2. The number of ether oxygens (including phenoxy) is 2. The van der Waals surface area contributed by atoms with Gasteiger partial charge in [-0.25, -0.2) is 4.98 Å². The fourth-order valence-corrected chi connectivity index (χ4v) is 1.73. The maximum absolute atomic E-state index is 5.69. The van der Waals surface area contributed by atoms with Crippen LogP contribution < -0.4 is 14.8 Å². The highest BCUT2D eigenvalue weighted by molar-refractivity contribution is 5.49. The summed E-state index contributed by atoms with van der Waals surface area (Å²) < 4.78 is 11.3. The minimum Gasteiger partial charge on any atom is -0.492 e. The van der Waals surface area contributed by atoms with Crippen molar-refractivity contribution in [2.75, 3.05) is 18.5 Å². The molecular formula is C16H20N2O2. The van der Waals surface area contributed by atoms with Crippen LogP contribution in [0.3, 0.4) is 0 Å². The highest BCUT2D eigenvalue weighted by atomic mass is 16.5. The van der Waals surface area contributed by atoms with Crippen molar-refractivity contribution in [3.63, 3.8) is 0 Å². The van der Waals surface area contributed by atoms with Gasteiger partial charge in [0.15, 0.2) is 11.6 Å². The molecule has 0 atom stereocenters. The molecule has 0 aliphatic rings. The molecule has 0 amide bonds. The third kappa shape index (κ3) is 4.46. The molecule has 1 N–H and O–H groups in total. The van der Waals surface area contributed by atoms with Crippen LogP contribution in [0.1, 0.15) is 13.8 Å². The van der Waals surface area contributed by atoms with Gasteiger partial charge in [-0.15, -0.1) is 0 Å². The van der Waals surface area contributed by atoms with E-state index >= 15 is 0 Å². The quantitative estimate of drug-likeness (QED) is 0.785. The lowest BCUT2D eigenvalue weighted by molar-refractivity contribution is 0.242. The van der Waals surface area contributed by atoms with E-state index in [-0.39, 0.29) is 6.10 Å². The molecule has 0 fully saturated rings. The number of nitrogens with one attached hydrogen (secondary N) is 1. The lowest BCUT2D eigenvalue weighted by Crippen LogP contribution is -2.14. The SMILES string of the molecule is CC(C)Oc1cccnc1NCCOc1ccccc1. The normalized spacial score (nSPS) is 10.3. The van der Waals surface area contributed by atoms with Crippen molar-refractivity contribution >= 4 is 5.82 Å². The molecular weight excluding hydrogens is 252 g/mol. The van der Waals surface area contributed by atoms with Gasteiger partial charge in [0, 0.05) is 6.20 Å². The first-order valence-electron chi connectivity index (χ1n) is 6.79. The summed E-state index contributed by atoms with van der Waals surface area (Å²) in [5.74, 6) is 2.38. The number of anilines is 1. The molecule has 1 aromatic heterocycles. The Hall–Kier alpha value is -2.23. The number of para-hydroxylation sites is 1. The van der Waals surface area contributed by atoms with Crippen LogP contribution in [-0.2, 0) is 0 Å². The maximum Gasteiger partial charge on any atom is 0.168 e. The highest BCUT2D eigenvalue weighted by Crippen LogP contribution is 2.21. The lowest BCUT2D eigenvalue weighted by atomic mass is 10.3. The average molecular weight is 272 g/mol. The Balaban J connectivity index is 1.82. The van der Waals surface area contributed by atoms with E-state index in [4.69, 9.17) is 9.47 Å². The molecule has 4 nitrogen and oxygen atoms in total. The second-order valence-electron chi connectivity index (χ2n) is 4.61. The number of rotatable bonds is 7. The van der Waals surface area contributed by atoms with E-state index in [0.717, 1.165) is 17.3 Å². The summed E-state index contributed by atoms with van der Waals surface area (Å²) in [5, 5.41) is 3.23. The molecule has 1 aromatic carbocycles. The van der Waals surface area contributed by atoms with Crippen LogP contribution in [-0.4, -0.2) is 24.2 Å². The molecule has 0 unspecified atom stereocenters. The van der Waals surface area contributed by atoms with Crippen molar-refractivity contribution < 1.29 is 9.47 Å². The van der Waals surface area contributed by atoms with Crippen molar-refractivity contribution in [3.8, 4) is 11.5 Å².